The topological polar surface area (TPSA) is 30.9 Å². The van der Waals surface area contributed by atoms with Crippen LogP contribution in [0.4, 0.5) is 0 Å². The molecule has 0 saturated carbocycles. The molecule has 41 heavy (non-hydrogen) atoms. The summed E-state index contributed by atoms with van der Waals surface area (Å²) in [6.45, 7) is 12.4. The van der Waals surface area contributed by atoms with Crippen molar-refractivity contribution in [1.82, 2.24) is 4.90 Å². The Bertz CT molecular complexity index is 1290. The lowest BCUT2D eigenvalue weighted by atomic mass is 9.72. The van der Waals surface area contributed by atoms with Crippen molar-refractivity contribution in [3.05, 3.63) is 88.5 Å². The number of rotatable bonds is 7. The Balaban J connectivity index is 0.000000728. The normalized spacial score (nSPS) is 18.7. The minimum atomic E-state index is -0.0784. The highest BCUT2D eigenvalue weighted by molar-refractivity contribution is 5.96. The number of hydrogen-bond acceptors (Lipinski definition) is 4. The summed E-state index contributed by atoms with van der Waals surface area (Å²) in [7, 11) is 3.45. The molecule has 1 saturated heterocycles. The Kier molecular flexibility index (Phi) is 10.9. The Morgan fingerprint density at radius 1 is 0.732 bits per heavy atom. The van der Waals surface area contributed by atoms with Crippen LogP contribution in [-0.2, 0) is 18.3 Å². The van der Waals surface area contributed by atoms with Gasteiger partial charge in [-0.1, -0.05) is 64.8 Å². The zero-order chi connectivity index (χ0) is 29.2. The smallest absolute Gasteiger partial charge is 0.119 e. The van der Waals surface area contributed by atoms with Crippen LogP contribution < -0.4 is 14.2 Å². The number of piperidine rings is 1. The second-order valence-corrected chi connectivity index (χ2v) is 11.1. The molecule has 6 rings (SSSR count). The molecule has 2 aliphatic carbocycles. The van der Waals surface area contributed by atoms with Crippen molar-refractivity contribution in [2.24, 2.45) is 0 Å². The fourth-order valence-electron chi connectivity index (χ4n) is 6.39. The predicted octanol–water partition coefficient (Wildman–Crippen LogP) is 8.60. The van der Waals surface area contributed by atoms with Gasteiger partial charge in [-0.2, -0.15) is 0 Å². The zero-order valence-corrected chi connectivity index (χ0v) is 26.1. The summed E-state index contributed by atoms with van der Waals surface area (Å²) in [5, 5.41) is 0. The van der Waals surface area contributed by atoms with Crippen molar-refractivity contribution >= 4 is 11.6 Å². The summed E-state index contributed by atoms with van der Waals surface area (Å²) >= 11 is 0. The molecule has 0 aromatic heterocycles. The van der Waals surface area contributed by atoms with Crippen LogP contribution in [0.5, 0.6) is 17.2 Å². The maximum Gasteiger partial charge on any atom is 0.119 e. The molecular weight excluding hydrogens is 506 g/mol. The van der Waals surface area contributed by atoms with Crippen molar-refractivity contribution in [2.75, 3.05) is 40.5 Å². The molecule has 1 fully saturated rings. The number of fused-ring (bicyclic) bond motifs is 3. The number of ether oxygens (including phenoxy) is 3. The van der Waals surface area contributed by atoms with E-state index in [1.807, 2.05) is 13.8 Å². The van der Waals surface area contributed by atoms with E-state index in [9.17, 15) is 0 Å². The van der Waals surface area contributed by atoms with E-state index in [1.54, 1.807) is 14.2 Å². The van der Waals surface area contributed by atoms with Crippen LogP contribution in [0.1, 0.15) is 81.2 Å². The molecule has 4 nitrogen and oxygen atoms in total. The van der Waals surface area contributed by atoms with Crippen LogP contribution in [0, 0.1) is 0 Å². The van der Waals surface area contributed by atoms with Crippen LogP contribution >= 0.6 is 0 Å². The van der Waals surface area contributed by atoms with Gasteiger partial charge < -0.3 is 14.2 Å². The summed E-state index contributed by atoms with van der Waals surface area (Å²) < 4.78 is 17.2. The molecule has 1 aliphatic heterocycles. The SMILES string of the molecule is CC.CCC.COc1ccc(C2=Cc3cc(OC)ccc3C23Cc2ccc(OCCN4CCCCC4)cc2C3)cc1. The highest BCUT2D eigenvalue weighted by Crippen LogP contribution is 2.55. The van der Waals surface area contributed by atoms with E-state index >= 15 is 0 Å². The van der Waals surface area contributed by atoms with Crippen LogP contribution in [0.25, 0.3) is 11.6 Å². The largest absolute Gasteiger partial charge is 0.497 e. The van der Waals surface area contributed by atoms with Gasteiger partial charge >= 0.3 is 0 Å². The van der Waals surface area contributed by atoms with E-state index in [1.165, 1.54) is 72.2 Å². The second kappa shape index (κ2) is 14.6. The Hall–Kier alpha value is -3.24. The van der Waals surface area contributed by atoms with Gasteiger partial charge in [-0.15, -0.1) is 0 Å². The van der Waals surface area contributed by atoms with E-state index in [0.717, 1.165) is 43.2 Å². The van der Waals surface area contributed by atoms with Gasteiger partial charge in [0.1, 0.15) is 23.9 Å². The van der Waals surface area contributed by atoms with Gasteiger partial charge in [0.25, 0.3) is 0 Å². The van der Waals surface area contributed by atoms with Gasteiger partial charge in [-0.3, -0.25) is 4.90 Å². The predicted molar refractivity (Wildman–Crippen MR) is 172 cm³/mol. The molecule has 220 valence electrons. The molecule has 3 aromatic rings. The third-order valence-corrected chi connectivity index (χ3v) is 8.28. The third-order valence-electron chi connectivity index (χ3n) is 8.28. The molecule has 3 aromatic carbocycles. The minimum Gasteiger partial charge on any atom is -0.497 e. The van der Waals surface area contributed by atoms with E-state index in [4.69, 9.17) is 14.2 Å². The Labute approximate surface area is 248 Å². The van der Waals surface area contributed by atoms with Crippen LogP contribution in [0.3, 0.4) is 0 Å². The lowest BCUT2D eigenvalue weighted by Gasteiger charge is -2.30. The first-order chi connectivity index (χ1) is 20.1. The number of likely N-dealkylation sites (tertiary alicyclic amines) is 1. The Morgan fingerprint density at radius 2 is 1.37 bits per heavy atom. The average molecular weight is 556 g/mol. The molecule has 1 spiro atoms. The van der Waals surface area contributed by atoms with Gasteiger partial charge in [-0.25, -0.2) is 0 Å². The number of nitrogens with zero attached hydrogens (tertiary/aromatic N) is 1. The summed E-state index contributed by atoms with van der Waals surface area (Å²) in [6.07, 6.45) is 9.58. The number of methoxy groups -OCH3 is 2. The van der Waals surface area contributed by atoms with E-state index in [0.29, 0.717) is 0 Å². The van der Waals surface area contributed by atoms with E-state index < -0.39 is 0 Å². The fourth-order valence-corrected chi connectivity index (χ4v) is 6.39. The summed E-state index contributed by atoms with van der Waals surface area (Å²) in [5.41, 5.74) is 8.00. The first kappa shape index (κ1) is 30.7. The van der Waals surface area contributed by atoms with E-state index in [2.05, 4.69) is 85.5 Å². The minimum absolute atomic E-state index is 0.0784. The van der Waals surface area contributed by atoms with Crippen molar-refractivity contribution < 1.29 is 14.2 Å². The number of hydrogen-bond donors (Lipinski definition) is 0. The van der Waals surface area contributed by atoms with Crippen molar-refractivity contribution in [3.63, 3.8) is 0 Å². The quantitative estimate of drug-likeness (QED) is 0.292. The van der Waals surface area contributed by atoms with Crippen LogP contribution in [0.15, 0.2) is 60.7 Å². The lowest BCUT2D eigenvalue weighted by Crippen LogP contribution is -2.33. The first-order valence-electron chi connectivity index (χ1n) is 15.6. The Morgan fingerprint density at radius 3 is 2.05 bits per heavy atom. The van der Waals surface area contributed by atoms with Crippen LogP contribution in [-0.4, -0.2) is 45.4 Å². The third kappa shape index (κ3) is 6.81. The summed E-state index contributed by atoms with van der Waals surface area (Å²) in [5.74, 6) is 2.77. The molecule has 1 atom stereocenters. The van der Waals surface area contributed by atoms with Gasteiger partial charge in [0.05, 0.1) is 14.2 Å². The lowest BCUT2D eigenvalue weighted by molar-refractivity contribution is 0.183. The van der Waals surface area contributed by atoms with Crippen molar-refractivity contribution in [1.29, 1.82) is 0 Å². The monoisotopic (exact) mass is 555 g/mol. The molecule has 1 unspecified atom stereocenters. The van der Waals surface area contributed by atoms with Gasteiger partial charge in [0.2, 0.25) is 0 Å². The molecule has 0 amide bonds. The summed E-state index contributed by atoms with van der Waals surface area (Å²) in [6, 6.07) is 21.8. The number of allylic oxidation sites excluding steroid dienone is 1. The number of benzene rings is 3. The van der Waals surface area contributed by atoms with Gasteiger partial charge in [0.15, 0.2) is 0 Å². The van der Waals surface area contributed by atoms with Gasteiger partial charge in [0, 0.05) is 12.0 Å². The van der Waals surface area contributed by atoms with E-state index in [-0.39, 0.29) is 5.41 Å². The highest BCUT2D eigenvalue weighted by Gasteiger charge is 2.46. The zero-order valence-electron chi connectivity index (χ0n) is 26.1. The molecule has 0 N–H and O–H groups in total. The maximum absolute atomic E-state index is 6.24. The van der Waals surface area contributed by atoms with Gasteiger partial charge in [-0.05, 0) is 115 Å². The highest BCUT2D eigenvalue weighted by atomic mass is 16.5. The molecule has 3 aliphatic rings. The second-order valence-electron chi connectivity index (χ2n) is 11.1. The maximum atomic E-state index is 6.24. The molecule has 4 heteroatoms. The van der Waals surface area contributed by atoms with Crippen LogP contribution in [0.2, 0.25) is 0 Å². The van der Waals surface area contributed by atoms with Crippen molar-refractivity contribution in [2.45, 2.75) is 71.6 Å². The van der Waals surface area contributed by atoms with Crippen molar-refractivity contribution in [3.8, 4) is 17.2 Å². The fraction of sp³-hybridized carbons (Fsp3) is 0.459. The molecule has 0 bridgehead atoms. The molecular formula is C37H49NO3. The average Bonchev–Trinajstić information content (AvgIpc) is 3.55. The summed E-state index contributed by atoms with van der Waals surface area (Å²) in [4.78, 5) is 2.53. The molecule has 0 radical (unpaired) electrons. The molecule has 1 heterocycles. The standard InChI is InChI=1S/C32H35NO3.C3H8.C2H6/c1-34-27-9-6-23(7-10-27)31-20-25-18-28(35-2)12-13-30(25)32(31)21-24-8-11-29(19-26(24)22-32)36-17-16-33-14-4-3-5-15-33;1-3-2;1-2/h6-13,18-20H,3-5,14-17,21-22H2,1-2H3;3H2,1-2H3;1-2H3. The first-order valence-corrected chi connectivity index (χ1v) is 15.6.